The van der Waals surface area contributed by atoms with Gasteiger partial charge in [0, 0.05) is 24.2 Å². The fourth-order valence-electron chi connectivity index (χ4n) is 3.76. The first-order valence-corrected chi connectivity index (χ1v) is 9.74. The van der Waals surface area contributed by atoms with E-state index in [-0.39, 0.29) is 0 Å². The zero-order chi connectivity index (χ0) is 18.5. The molecule has 0 heterocycles. The van der Waals surface area contributed by atoms with Gasteiger partial charge in [0.25, 0.3) is 0 Å². The van der Waals surface area contributed by atoms with Crippen LogP contribution in [0.2, 0.25) is 0 Å². The molecular formula is C26H25N. The average molecular weight is 351 g/mol. The second-order valence-corrected chi connectivity index (χ2v) is 6.84. The minimum absolute atomic E-state index is 1.01. The largest absolute Gasteiger partial charge is 0.371 e. The van der Waals surface area contributed by atoms with Crippen LogP contribution >= 0.6 is 0 Å². The highest BCUT2D eigenvalue weighted by Crippen LogP contribution is 2.32. The Morgan fingerprint density at radius 2 is 1.48 bits per heavy atom. The molecule has 0 radical (unpaired) electrons. The molecule has 0 saturated heterocycles. The predicted molar refractivity (Wildman–Crippen MR) is 119 cm³/mol. The second-order valence-electron chi connectivity index (χ2n) is 6.84. The number of fused-ring (bicyclic) bond motifs is 3. The molecule has 1 heteroatoms. The van der Waals surface area contributed by atoms with E-state index in [1.54, 1.807) is 0 Å². The zero-order valence-corrected chi connectivity index (χ0v) is 15.8. The maximum atomic E-state index is 2.48. The van der Waals surface area contributed by atoms with E-state index in [1.165, 1.54) is 32.8 Å². The summed E-state index contributed by atoms with van der Waals surface area (Å²) in [6.07, 6.45) is 5.52. The van der Waals surface area contributed by atoms with Crippen LogP contribution < -0.4 is 4.90 Å². The predicted octanol–water partition coefficient (Wildman–Crippen LogP) is 6.92. The molecule has 0 aromatic heterocycles. The van der Waals surface area contributed by atoms with E-state index >= 15 is 0 Å². The zero-order valence-electron chi connectivity index (χ0n) is 15.8. The summed E-state index contributed by atoms with van der Waals surface area (Å²) in [5.41, 5.74) is 2.59. The lowest BCUT2D eigenvalue weighted by molar-refractivity contribution is 0.827. The summed E-state index contributed by atoms with van der Waals surface area (Å²) in [6.45, 7) is 4.26. The quantitative estimate of drug-likeness (QED) is 0.341. The fourth-order valence-corrected chi connectivity index (χ4v) is 3.76. The van der Waals surface area contributed by atoms with Crippen molar-refractivity contribution in [2.24, 2.45) is 0 Å². The molecule has 4 rings (SSSR count). The van der Waals surface area contributed by atoms with E-state index in [1.807, 2.05) is 0 Å². The monoisotopic (exact) mass is 351 g/mol. The summed E-state index contributed by atoms with van der Waals surface area (Å²) < 4.78 is 0. The van der Waals surface area contributed by atoms with Crippen LogP contribution in [-0.2, 0) is 0 Å². The van der Waals surface area contributed by atoms with Crippen LogP contribution in [0.4, 0.5) is 5.69 Å². The van der Waals surface area contributed by atoms with Crippen molar-refractivity contribution in [3.05, 3.63) is 96.6 Å². The van der Waals surface area contributed by atoms with Crippen LogP contribution in [0.25, 0.3) is 27.6 Å². The van der Waals surface area contributed by atoms with Gasteiger partial charge >= 0.3 is 0 Å². The lowest BCUT2D eigenvalue weighted by atomic mass is 10.0. The Morgan fingerprint density at radius 1 is 0.704 bits per heavy atom. The highest BCUT2D eigenvalue weighted by molar-refractivity contribution is 6.11. The van der Waals surface area contributed by atoms with E-state index in [9.17, 15) is 0 Å². The van der Waals surface area contributed by atoms with Crippen LogP contribution in [0.5, 0.6) is 0 Å². The molecule has 0 atom stereocenters. The molecule has 4 aromatic rings. The van der Waals surface area contributed by atoms with Crippen molar-refractivity contribution in [3.8, 4) is 0 Å². The van der Waals surface area contributed by atoms with Crippen molar-refractivity contribution >= 4 is 33.3 Å². The van der Waals surface area contributed by atoms with Gasteiger partial charge in [-0.2, -0.15) is 0 Å². The first-order chi connectivity index (χ1) is 13.4. The molecule has 0 aliphatic heterocycles. The van der Waals surface area contributed by atoms with Crippen LogP contribution in [0.1, 0.15) is 18.9 Å². The first kappa shape index (κ1) is 17.4. The molecule has 0 amide bonds. The molecule has 0 spiro atoms. The van der Waals surface area contributed by atoms with Gasteiger partial charge in [-0.3, -0.25) is 0 Å². The molecule has 0 aliphatic carbocycles. The third kappa shape index (κ3) is 3.73. The number of nitrogens with zero attached hydrogens (tertiary/aromatic N) is 1. The van der Waals surface area contributed by atoms with E-state index in [4.69, 9.17) is 0 Å². The smallest absolute Gasteiger partial charge is 0.0446 e. The fraction of sp³-hybridized carbons (Fsp3) is 0.154. The summed E-state index contributed by atoms with van der Waals surface area (Å²) in [5, 5.41) is 5.31. The van der Waals surface area contributed by atoms with E-state index in [2.05, 4.69) is 109 Å². The molecule has 0 fully saturated rings. The summed E-state index contributed by atoms with van der Waals surface area (Å²) in [6, 6.07) is 30.3. The Hall–Kier alpha value is -3.06. The molecule has 0 aliphatic rings. The van der Waals surface area contributed by atoms with Crippen LogP contribution in [0.15, 0.2) is 91.0 Å². The number of hydrogen-bond donors (Lipinski definition) is 0. The number of hydrogen-bond acceptors (Lipinski definition) is 1. The third-order valence-corrected chi connectivity index (χ3v) is 5.16. The van der Waals surface area contributed by atoms with Crippen LogP contribution in [-0.4, -0.2) is 13.1 Å². The Morgan fingerprint density at radius 3 is 2.33 bits per heavy atom. The maximum absolute atomic E-state index is 2.48. The molecule has 27 heavy (non-hydrogen) atoms. The van der Waals surface area contributed by atoms with Crippen molar-refractivity contribution in [2.75, 3.05) is 18.0 Å². The first-order valence-electron chi connectivity index (χ1n) is 9.74. The van der Waals surface area contributed by atoms with E-state index < -0.39 is 0 Å². The topological polar surface area (TPSA) is 3.24 Å². The summed E-state index contributed by atoms with van der Waals surface area (Å²) in [7, 11) is 0. The molecule has 0 bridgehead atoms. The summed E-state index contributed by atoms with van der Waals surface area (Å²) >= 11 is 0. The van der Waals surface area contributed by atoms with E-state index in [0.29, 0.717) is 0 Å². The van der Waals surface area contributed by atoms with Crippen LogP contribution in [0, 0.1) is 0 Å². The lowest BCUT2D eigenvalue weighted by Gasteiger charge is -2.24. The van der Waals surface area contributed by atoms with E-state index in [0.717, 1.165) is 19.5 Å². The Kier molecular flexibility index (Phi) is 5.20. The molecule has 0 saturated carbocycles. The lowest BCUT2D eigenvalue weighted by Crippen LogP contribution is -2.23. The highest BCUT2D eigenvalue weighted by atomic mass is 15.1. The van der Waals surface area contributed by atoms with Gasteiger partial charge in [0.1, 0.15) is 0 Å². The van der Waals surface area contributed by atoms with Gasteiger partial charge < -0.3 is 4.90 Å². The standard InChI is InChI=1S/C26H25N/c1-2-27(20-9-8-13-21-11-4-3-5-12-21)26-17-10-16-24-23-15-7-6-14-22(23)18-19-25(24)26/h3-8,10-19H,2,9,20H2,1H3. The van der Waals surface area contributed by atoms with Crippen molar-refractivity contribution in [1.29, 1.82) is 0 Å². The highest BCUT2D eigenvalue weighted by Gasteiger charge is 2.09. The Bertz CT molecular complexity index is 1060. The minimum atomic E-state index is 1.01. The molecule has 134 valence electrons. The van der Waals surface area contributed by atoms with Gasteiger partial charge in [-0.1, -0.05) is 91.0 Å². The molecule has 0 N–H and O–H groups in total. The summed E-state index contributed by atoms with van der Waals surface area (Å²) in [5.74, 6) is 0. The van der Waals surface area contributed by atoms with Gasteiger partial charge in [-0.25, -0.2) is 0 Å². The second kappa shape index (κ2) is 8.09. The SMILES string of the molecule is CCN(CCC=Cc1ccccc1)c1cccc2c1ccc1ccccc12. The van der Waals surface area contributed by atoms with Gasteiger partial charge in [0.05, 0.1) is 0 Å². The number of benzene rings is 4. The van der Waals surface area contributed by atoms with Gasteiger partial charge in [-0.05, 0) is 41.1 Å². The summed E-state index contributed by atoms with van der Waals surface area (Å²) in [4.78, 5) is 2.48. The molecule has 4 aromatic carbocycles. The normalized spacial score (nSPS) is 11.4. The van der Waals surface area contributed by atoms with Crippen LogP contribution in [0.3, 0.4) is 0 Å². The van der Waals surface area contributed by atoms with Gasteiger partial charge in [0.2, 0.25) is 0 Å². The number of rotatable bonds is 6. The van der Waals surface area contributed by atoms with Crippen molar-refractivity contribution in [2.45, 2.75) is 13.3 Å². The Balaban J connectivity index is 1.59. The van der Waals surface area contributed by atoms with Crippen molar-refractivity contribution in [3.63, 3.8) is 0 Å². The van der Waals surface area contributed by atoms with Gasteiger partial charge in [-0.15, -0.1) is 0 Å². The minimum Gasteiger partial charge on any atom is -0.371 e. The molecule has 1 nitrogen and oxygen atoms in total. The molecular weight excluding hydrogens is 326 g/mol. The third-order valence-electron chi connectivity index (χ3n) is 5.16. The van der Waals surface area contributed by atoms with Gasteiger partial charge in [0.15, 0.2) is 0 Å². The van der Waals surface area contributed by atoms with Crippen molar-refractivity contribution < 1.29 is 0 Å². The Labute approximate surface area is 161 Å². The maximum Gasteiger partial charge on any atom is 0.0446 e. The number of anilines is 1. The van der Waals surface area contributed by atoms with Crippen molar-refractivity contribution in [1.82, 2.24) is 0 Å². The molecule has 0 unspecified atom stereocenters. The average Bonchev–Trinajstić information content (AvgIpc) is 2.74.